The first-order valence-corrected chi connectivity index (χ1v) is 6.04. The third-order valence-electron chi connectivity index (χ3n) is 2.86. The van der Waals surface area contributed by atoms with Gasteiger partial charge in [-0.3, -0.25) is 4.79 Å². The summed E-state index contributed by atoms with van der Waals surface area (Å²) < 4.78 is 0. The van der Waals surface area contributed by atoms with Gasteiger partial charge in [-0.15, -0.1) is 6.42 Å². The number of aryl methyl sites for hydroxylation is 1. The van der Waals surface area contributed by atoms with Crippen LogP contribution in [-0.2, 0) is 4.79 Å². The van der Waals surface area contributed by atoms with Crippen molar-refractivity contribution in [1.82, 2.24) is 5.32 Å². The molecule has 3 N–H and O–H groups in total. The summed E-state index contributed by atoms with van der Waals surface area (Å²) in [7, 11) is 0. The van der Waals surface area contributed by atoms with Gasteiger partial charge in [-0.1, -0.05) is 49.6 Å². The lowest BCUT2D eigenvalue weighted by atomic mass is 10.0. The second-order valence-corrected chi connectivity index (χ2v) is 4.79. The maximum Gasteiger partial charge on any atom is 0.242 e. The van der Waals surface area contributed by atoms with Crippen molar-refractivity contribution < 1.29 is 4.79 Å². The molecule has 0 fully saturated rings. The summed E-state index contributed by atoms with van der Waals surface area (Å²) in [6.45, 7) is 5.91. The van der Waals surface area contributed by atoms with Crippen LogP contribution in [0.5, 0.6) is 0 Å². The zero-order chi connectivity index (χ0) is 13.7. The molecular weight excluding hydrogens is 224 g/mol. The minimum Gasteiger partial charge on any atom is -0.341 e. The van der Waals surface area contributed by atoms with E-state index in [1.807, 2.05) is 45.0 Å². The van der Waals surface area contributed by atoms with Crippen molar-refractivity contribution in [2.75, 3.05) is 0 Å². The van der Waals surface area contributed by atoms with Crippen LogP contribution in [-0.4, -0.2) is 11.9 Å². The summed E-state index contributed by atoms with van der Waals surface area (Å²) in [5, 5.41) is 2.78. The van der Waals surface area contributed by atoms with Crippen LogP contribution in [0.25, 0.3) is 0 Å². The van der Waals surface area contributed by atoms with Crippen molar-refractivity contribution in [3.05, 3.63) is 35.4 Å². The number of amides is 1. The predicted molar refractivity (Wildman–Crippen MR) is 73.7 cm³/mol. The van der Waals surface area contributed by atoms with Crippen molar-refractivity contribution in [3.63, 3.8) is 0 Å². The highest BCUT2D eigenvalue weighted by Gasteiger charge is 2.19. The van der Waals surface area contributed by atoms with Crippen molar-refractivity contribution in [2.45, 2.75) is 32.9 Å². The Hall–Kier alpha value is -1.79. The Kier molecular flexibility index (Phi) is 4.94. The van der Waals surface area contributed by atoms with Gasteiger partial charge in [0.1, 0.15) is 6.04 Å². The lowest BCUT2D eigenvalue weighted by Crippen LogP contribution is -2.42. The zero-order valence-corrected chi connectivity index (χ0v) is 11.1. The highest BCUT2D eigenvalue weighted by Crippen LogP contribution is 2.12. The van der Waals surface area contributed by atoms with Crippen LogP contribution in [0.2, 0.25) is 0 Å². The van der Waals surface area contributed by atoms with E-state index in [0.29, 0.717) is 0 Å². The summed E-state index contributed by atoms with van der Waals surface area (Å²) in [4.78, 5) is 12.0. The van der Waals surface area contributed by atoms with Gasteiger partial charge in [-0.05, 0) is 18.4 Å². The van der Waals surface area contributed by atoms with E-state index in [1.165, 1.54) is 0 Å². The van der Waals surface area contributed by atoms with Gasteiger partial charge in [0.2, 0.25) is 5.91 Å². The van der Waals surface area contributed by atoms with Crippen LogP contribution in [0.15, 0.2) is 24.3 Å². The van der Waals surface area contributed by atoms with Crippen LogP contribution in [0.1, 0.15) is 31.0 Å². The normalized spacial score (nSPS) is 13.8. The fourth-order valence-electron chi connectivity index (χ4n) is 1.57. The van der Waals surface area contributed by atoms with Gasteiger partial charge in [0.25, 0.3) is 0 Å². The highest BCUT2D eigenvalue weighted by atomic mass is 16.2. The van der Waals surface area contributed by atoms with E-state index in [2.05, 4.69) is 11.2 Å². The fraction of sp³-hybridized carbons (Fsp3) is 0.400. The molecule has 3 heteroatoms. The van der Waals surface area contributed by atoms with E-state index in [4.69, 9.17) is 12.2 Å². The number of carbonyl (C=O) groups excluding carboxylic acids is 1. The Bertz CT molecular complexity index is 443. The molecule has 0 aliphatic rings. The Balaban J connectivity index is 2.73. The third kappa shape index (κ3) is 3.61. The molecule has 0 radical (unpaired) electrons. The van der Waals surface area contributed by atoms with Gasteiger partial charge in [-0.25, -0.2) is 0 Å². The molecule has 1 aromatic rings. The number of hydrogen-bond acceptors (Lipinski definition) is 2. The van der Waals surface area contributed by atoms with Crippen molar-refractivity contribution >= 4 is 5.91 Å². The predicted octanol–water partition coefficient (Wildman–Crippen LogP) is 1.77. The average molecular weight is 244 g/mol. The topological polar surface area (TPSA) is 55.1 Å². The maximum atomic E-state index is 12.0. The summed E-state index contributed by atoms with van der Waals surface area (Å²) >= 11 is 0. The minimum absolute atomic E-state index is 0.184. The molecule has 1 amide bonds. The molecule has 0 aliphatic heterocycles. The van der Waals surface area contributed by atoms with Gasteiger partial charge in [-0.2, -0.15) is 0 Å². The first kappa shape index (κ1) is 14.3. The van der Waals surface area contributed by atoms with Crippen LogP contribution in [0.4, 0.5) is 0 Å². The van der Waals surface area contributed by atoms with E-state index >= 15 is 0 Å². The van der Waals surface area contributed by atoms with Crippen LogP contribution in [0, 0.1) is 25.2 Å². The molecule has 3 nitrogen and oxygen atoms in total. The molecule has 1 aromatic carbocycles. The molecule has 2 atom stereocenters. The summed E-state index contributed by atoms with van der Waals surface area (Å²) in [5.74, 6) is 2.50. The van der Waals surface area contributed by atoms with Crippen molar-refractivity contribution in [2.24, 2.45) is 11.7 Å². The van der Waals surface area contributed by atoms with Crippen molar-refractivity contribution in [1.29, 1.82) is 0 Å². The van der Waals surface area contributed by atoms with E-state index < -0.39 is 6.04 Å². The highest BCUT2D eigenvalue weighted by molar-refractivity contribution is 5.83. The number of nitrogens with two attached hydrogens (primary N) is 1. The Morgan fingerprint density at radius 2 is 1.89 bits per heavy atom. The average Bonchev–Trinajstić information content (AvgIpc) is 2.35. The van der Waals surface area contributed by atoms with Gasteiger partial charge >= 0.3 is 0 Å². The molecule has 0 heterocycles. The number of nitrogens with one attached hydrogen (secondary N) is 1. The van der Waals surface area contributed by atoms with Crippen LogP contribution < -0.4 is 11.1 Å². The largest absolute Gasteiger partial charge is 0.341 e. The molecule has 0 bridgehead atoms. The lowest BCUT2D eigenvalue weighted by Gasteiger charge is -2.19. The minimum atomic E-state index is -0.680. The van der Waals surface area contributed by atoms with Crippen molar-refractivity contribution in [3.8, 4) is 12.3 Å². The molecule has 0 aliphatic carbocycles. The smallest absolute Gasteiger partial charge is 0.242 e. The van der Waals surface area contributed by atoms with E-state index in [1.54, 1.807) is 0 Å². The monoisotopic (exact) mass is 244 g/mol. The van der Waals surface area contributed by atoms with Gasteiger partial charge < -0.3 is 11.1 Å². The number of rotatable bonds is 4. The second kappa shape index (κ2) is 6.23. The standard InChI is InChI=1S/C15H20N2O/c1-5-13(10(2)3)17-15(18)14(16)12-8-6-11(4)7-9-12/h1,6-10,13-14H,16H2,2-4H3,(H,17,18). The first-order valence-electron chi connectivity index (χ1n) is 6.04. The Labute approximate surface area is 109 Å². The third-order valence-corrected chi connectivity index (χ3v) is 2.86. The van der Waals surface area contributed by atoms with Gasteiger partial charge in [0.05, 0.1) is 6.04 Å². The molecule has 0 spiro atoms. The summed E-state index contributed by atoms with van der Waals surface area (Å²) in [6, 6.07) is 6.63. The van der Waals surface area contributed by atoms with E-state index in [-0.39, 0.29) is 17.9 Å². The molecule has 0 saturated carbocycles. The SMILES string of the molecule is C#CC(NC(=O)C(N)c1ccc(C)cc1)C(C)C. The molecule has 96 valence electrons. The molecule has 18 heavy (non-hydrogen) atoms. The van der Waals surface area contributed by atoms with Crippen LogP contribution in [0.3, 0.4) is 0 Å². The number of carbonyl (C=O) groups is 1. The molecule has 2 unspecified atom stereocenters. The second-order valence-electron chi connectivity index (χ2n) is 4.79. The maximum absolute atomic E-state index is 12.0. The zero-order valence-electron chi connectivity index (χ0n) is 11.1. The van der Waals surface area contributed by atoms with E-state index in [0.717, 1.165) is 11.1 Å². The fourth-order valence-corrected chi connectivity index (χ4v) is 1.57. The lowest BCUT2D eigenvalue weighted by molar-refractivity contribution is -0.123. The van der Waals surface area contributed by atoms with Gasteiger partial charge in [0.15, 0.2) is 0 Å². The number of hydrogen-bond donors (Lipinski definition) is 2. The Morgan fingerprint density at radius 1 is 1.33 bits per heavy atom. The summed E-state index contributed by atoms with van der Waals surface area (Å²) in [5.41, 5.74) is 7.83. The molecule has 1 rings (SSSR count). The molecule has 0 saturated heterocycles. The number of benzene rings is 1. The number of terminal acetylenes is 1. The molecule has 0 aromatic heterocycles. The van der Waals surface area contributed by atoms with E-state index in [9.17, 15) is 4.79 Å². The Morgan fingerprint density at radius 3 is 2.33 bits per heavy atom. The summed E-state index contributed by atoms with van der Waals surface area (Å²) in [6.07, 6.45) is 5.38. The quantitative estimate of drug-likeness (QED) is 0.793. The van der Waals surface area contributed by atoms with Gasteiger partial charge in [0, 0.05) is 0 Å². The first-order chi connectivity index (χ1) is 8.45. The van der Waals surface area contributed by atoms with Crippen LogP contribution >= 0.6 is 0 Å². The molecular formula is C15H20N2O.